The molecule has 0 aliphatic heterocycles. The monoisotopic (exact) mass is 383 g/mol. The van der Waals surface area contributed by atoms with E-state index in [4.69, 9.17) is 9.26 Å². The van der Waals surface area contributed by atoms with E-state index in [1.165, 1.54) is 0 Å². The molecular formula is C20H21N3O3S. The average molecular weight is 383 g/mol. The van der Waals surface area contributed by atoms with Crippen LogP contribution in [0, 0.1) is 0 Å². The summed E-state index contributed by atoms with van der Waals surface area (Å²) in [6.07, 6.45) is 5.45. The molecule has 0 bridgehead atoms. The topological polar surface area (TPSA) is 68.5 Å². The lowest BCUT2D eigenvalue weighted by Gasteiger charge is -2.24. The van der Waals surface area contributed by atoms with Crippen molar-refractivity contribution in [1.29, 1.82) is 0 Å². The Balaban J connectivity index is 1.65. The molecule has 140 valence electrons. The zero-order chi connectivity index (χ0) is 19.2. The minimum atomic E-state index is -0.217. The molecule has 0 saturated carbocycles. The third-order valence-corrected chi connectivity index (χ3v) is 5.06. The van der Waals surface area contributed by atoms with Crippen LogP contribution >= 0.6 is 11.8 Å². The van der Waals surface area contributed by atoms with Crippen molar-refractivity contribution in [2.45, 2.75) is 24.5 Å². The number of thioether (sulfide) groups is 1. The number of benzene rings is 1. The zero-order valence-electron chi connectivity index (χ0n) is 15.5. The summed E-state index contributed by atoms with van der Waals surface area (Å²) < 4.78 is 11.1. The molecule has 0 fully saturated rings. The highest BCUT2D eigenvalue weighted by Gasteiger charge is 2.22. The highest BCUT2D eigenvalue weighted by molar-refractivity contribution is 7.98. The fourth-order valence-corrected chi connectivity index (χ4v) is 3.11. The van der Waals surface area contributed by atoms with Crippen molar-refractivity contribution in [3.63, 3.8) is 0 Å². The highest BCUT2D eigenvalue weighted by atomic mass is 32.2. The summed E-state index contributed by atoms with van der Waals surface area (Å²) >= 11 is 1.61. The molecular weight excluding hydrogens is 362 g/mol. The molecule has 0 radical (unpaired) electrons. The Morgan fingerprint density at radius 1 is 1.30 bits per heavy atom. The molecule has 1 unspecified atom stereocenters. The van der Waals surface area contributed by atoms with E-state index in [1.807, 2.05) is 49.6 Å². The van der Waals surface area contributed by atoms with Crippen LogP contribution in [0.25, 0.3) is 0 Å². The molecule has 6 nitrogen and oxygen atoms in total. The number of carbonyl (C=O) groups excluding carboxylic acids is 1. The van der Waals surface area contributed by atoms with Gasteiger partial charge in [-0.05, 0) is 36.9 Å². The molecule has 1 atom stereocenters. The Labute approximate surface area is 162 Å². The van der Waals surface area contributed by atoms with Gasteiger partial charge in [0.2, 0.25) is 0 Å². The number of aromatic nitrogens is 2. The first-order valence-electron chi connectivity index (χ1n) is 8.48. The molecule has 0 aliphatic rings. The summed E-state index contributed by atoms with van der Waals surface area (Å²) in [5.74, 6) is 1.05. The molecule has 2 aromatic heterocycles. The van der Waals surface area contributed by atoms with E-state index in [0.717, 1.165) is 16.2 Å². The van der Waals surface area contributed by atoms with Crippen molar-refractivity contribution in [2.24, 2.45) is 0 Å². The molecule has 7 heteroatoms. The van der Waals surface area contributed by atoms with Crippen LogP contribution in [0.4, 0.5) is 0 Å². The minimum absolute atomic E-state index is 0.129. The van der Waals surface area contributed by atoms with Gasteiger partial charge in [-0.2, -0.15) is 0 Å². The van der Waals surface area contributed by atoms with Crippen molar-refractivity contribution in [1.82, 2.24) is 15.0 Å². The van der Waals surface area contributed by atoms with Gasteiger partial charge in [0.15, 0.2) is 11.5 Å². The number of amides is 1. The number of nitrogens with zero attached hydrogens (tertiary/aromatic N) is 3. The van der Waals surface area contributed by atoms with Gasteiger partial charge in [0.05, 0.1) is 6.04 Å². The minimum Gasteiger partial charge on any atom is -0.484 e. The Kier molecular flexibility index (Phi) is 6.13. The molecule has 0 aliphatic carbocycles. The SMILES string of the molecule is CSc1ccccc1OCc1cc(C(=O)N(C)C(C)c2cccnc2)no1. The van der Waals surface area contributed by atoms with Gasteiger partial charge in [-0.15, -0.1) is 11.8 Å². The number of rotatable bonds is 7. The highest BCUT2D eigenvalue weighted by Crippen LogP contribution is 2.27. The van der Waals surface area contributed by atoms with Crippen LogP contribution in [0.1, 0.15) is 34.8 Å². The Morgan fingerprint density at radius 2 is 2.11 bits per heavy atom. The first kappa shape index (κ1) is 19.0. The van der Waals surface area contributed by atoms with E-state index < -0.39 is 0 Å². The average Bonchev–Trinajstić information content (AvgIpc) is 3.20. The van der Waals surface area contributed by atoms with Crippen LogP contribution in [-0.2, 0) is 6.61 Å². The quantitative estimate of drug-likeness (QED) is 0.570. The van der Waals surface area contributed by atoms with Crippen LogP contribution in [0.5, 0.6) is 5.75 Å². The second-order valence-corrected chi connectivity index (χ2v) is 6.84. The van der Waals surface area contributed by atoms with Crippen LogP contribution in [0.2, 0.25) is 0 Å². The summed E-state index contributed by atoms with van der Waals surface area (Å²) in [5.41, 5.74) is 1.21. The second kappa shape index (κ2) is 8.73. The standard InChI is InChI=1S/C20H21N3O3S/c1-14(15-7-6-10-21-12-15)23(2)20(24)17-11-16(26-22-17)13-25-18-8-4-5-9-19(18)27-3/h4-12,14H,13H2,1-3H3. The summed E-state index contributed by atoms with van der Waals surface area (Å²) in [7, 11) is 1.74. The maximum atomic E-state index is 12.7. The van der Waals surface area contributed by atoms with E-state index in [9.17, 15) is 4.79 Å². The van der Waals surface area contributed by atoms with Crippen LogP contribution in [-0.4, -0.2) is 34.3 Å². The zero-order valence-corrected chi connectivity index (χ0v) is 16.3. The van der Waals surface area contributed by atoms with E-state index in [0.29, 0.717) is 5.76 Å². The second-order valence-electron chi connectivity index (χ2n) is 6.00. The first-order chi connectivity index (χ1) is 13.1. The fraction of sp³-hybridized carbons (Fsp3) is 0.250. The van der Waals surface area contributed by atoms with E-state index in [1.54, 1.807) is 42.2 Å². The summed E-state index contributed by atoms with van der Waals surface area (Å²) in [6.45, 7) is 2.15. The van der Waals surface area contributed by atoms with Gasteiger partial charge >= 0.3 is 0 Å². The van der Waals surface area contributed by atoms with E-state index in [2.05, 4.69) is 10.1 Å². The van der Waals surface area contributed by atoms with Gasteiger partial charge in [0.25, 0.3) is 5.91 Å². The van der Waals surface area contributed by atoms with Gasteiger partial charge in [0, 0.05) is 30.4 Å². The third-order valence-electron chi connectivity index (χ3n) is 4.29. The third kappa shape index (κ3) is 4.49. The maximum Gasteiger partial charge on any atom is 0.276 e. The van der Waals surface area contributed by atoms with Crippen LogP contribution in [0.3, 0.4) is 0 Å². The molecule has 2 heterocycles. The van der Waals surface area contributed by atoms with Crippen molar-refractivity contribution < 1.29 is 14.1 Å². The predicted molar refractivity (Wildman–Crippen MR) is 104 cm³/mol. The summed E-state index contributed by atoms with van der Waals surface area (Å²) in [4.78, 5) is 19.4. The largest absolute Gasteiger partial charge is 0.484 e. The number of ether oxygens (including phenoxy) is 1. The molecule has 3 rings (SSSR count). The number of hydrogen-bond acceptors (Lipinski definition) is 6. The lowest BCUT2D eigenvalue weighted by atomic mass is 10.1. The maximum absolute atomic E-state index is 12.7. The van der Waals surface area contributed by atoms with Crippen molar-refractivity contribution in [2.75, 3.05) is 13.3 Å². The van der Waals surface area contributed by atoms with Crippen LogP contribution in [0.15, 0.2) is 64.3 Å². The van der Waals surface area contributed by atoms with Crippen molar-refractivity contribution in [3.8, 4) is 5.75 Å². The Morgan fingerprint density at radius 3 is 2.85 bits per heavy atom. The van der Waals surface area contributed by atoms with Crippen molar-refractivity contribution >= 4 is 17.7 Å². The molecule has 0 N–H and O–H groups in total. The van der Waals surface area contributed by atoms with Gasteiger partial charge < -0.3 is 14.2 Å². The summed E-state index contributed by atoms with van der Waals surface area (Å²) in [6, 6.07) is 13.0. The first-order valence-corrected chi connectivity index (χ1v) is 9.71. The van der Waals surface area contributed by atoms with Gasteiger partial charge in [-0.3, -0.25) is 9.78 Å². The van der Waals surface area contributed by atoms with Gasteiger partial charge in [-0.25, -0.2) is 0 Å². The molecule has 0 spiro atoms. The lowest BCUT2D eigenvalue weighted by Crippen LogP contribution is -2.29. The van der Waals surface area contributed by atoms with Gasteiger partial charge in [0.1, 0.15) is 12.4 Å². The molecule has 1 aromatic carbocycles. The molecule has 27 heavy (non-hydrogen) atoms. The molecule has 3 aromatic rings. The van der Waals surface area contributed by atoms with Crippen LogP contribution < -0.4 is 4.74 Å². The predicted octanol–water partition coefficient (Wildman–Crippen LogP) is 4.20. The number of carbonyl (C=O) groups is 1. The Hall–Kier alpha value is -2.80. The van der Waals surface area contributed by atoms with Crippen molar-refractivity contribution in [3.05, 3.63) is 71.9 Å². The molecule has 1 amide bonds. The van der Waals surface area contributed by atoms with E-state index >= 15 is 0 Å². The van der Waals surface area contributed by atoms with Gasteiger partial charge in [-0.1, -0.05) is 23.4 Å². The van der Waals surface area contributed by atoms with E-state index in [-0.39, 0.29) is 24.2 Å². The number of para-hydroxylation sites is 1. The summed E-state index contributed by atoms with van der Waals surface area (Å²) in [5, 5.41) is 3.90. The fourth-order valence-electron chi connectivity index (χ4n) is 2.57. The lowest BCUT2D eigenvalue weighted by molar-refractivity contribution is 0.0731. The number of hydrogen-bond donors (Lipinski definition) is 0. The number of pyridine rings is 1. The normalized spacial score (nSPS) is 11.8. The smallest absolute Gasteiger partial charge is 0.276 e. The Bertz CT molecular complexity index is 898. The molecule has 0 saturated heterocycles.